The second kappa shape index (κ2) is 7.95. The van der Waals surface area contributed by atoms with E-state index in [2.05, 4.69) is 16.9 Å². The molecule has 2 saturated carbocycles. The molecule has 0 radical (unpaired) electrons. The number of nitrogens with zero attached hydrogens (tertiary/aromatic N) is 1. The highest BCUT2D eigenvalue weighted by Gasteiger charge is 2.39. The summed E-state index contributed by atoms with van der Waals surface area (Å²) < 4.78 is 5.38. The van der Waals surface area contributed by atoms with Crippen LogP contribution in [0.25, 0.3) is 0 Å². The minimum Gasteiger partial charge on any atom is -0.469 e. The van der Waals surface area contributed by atoms with Gasteiger partial charge in [-0.2, -0.15) is 11.8 Å². The Morgan fingerprint density at radius 3 is 3.05 bits per heavy atom. The van der Waals surface area contributed by atoms with E-state index in [4.69, 9.17) is 9.41 Å². The number of fused-ring (bicyclic) bond motifs is 2. The summed E-state index contributed by atoms with van der Waals surface area (Å²) >= 11 is 1.84. The lowest BCUT2D eigenvalue weighted by molar-refractivity contribution is 0.387. The molecule has 2 fully saturated rings. The van der Waals surface area contributed by atoms with Crippen LogP contribution >= 0.6 is 11.8 Å². The number of guanidine groups is 1. The third-order valence-corrected chi connectivity index (χ3v) is 5.46. The Hall–Kier alpha value is -1.10. The predicted molar refractivity (Wildman–Crippen MR) is 93.5 cm³/mol. The van der Waals surface area contributed by atoms with Crippen LogP contribution in [0.3, 0.4) is 0 Å². The summed E-state index contributed by atoms with van der Waals surface area (Å²) in [5.41, 5.74) is 0. The van der Waals surface area contributed by atoms with Gasteiger partial charge < -0.3 is 15.1 Å². The minimum atomic E-state index is 0.628. The average Bonchev–Trinajstić information content (AvgIpc) is 3.25. The topological polar surface area (TPSA) is 49.6 Å². The summed E-state index contributed by atoms with van der Waals surface area (Å²) in [6.45, 7) is 1.73. The van der Waals surface area contributed by atoms with Gasteiger partial charge >= 0.3 is 0 Å². The molecule has 0 spiro atoms. The van der Waals surface area contributed by atoms with E-state index in [1.165, 1.54) is 25.7 Å². The third kappa shape index (κ3) is 4.22. The van der Waals surface area contributed by atoms with Crippen molar-refractivity contribution >= 4 is 17.7 Å². The fraction of sp³-hybridized carbons (Fsp3) is 0.706. The van der Waals surface area contributed by atoms with Crippen LogP contribution in [0.15, 0.2) is 27.8 Å². The van der Waals surface area contributed by atoms with Crippen LogP contribution in [0.1, 0.15) is 31.4 Å². The Morgan fingerprint density at radius 1 is 1.41 bits per heavy atom. The van der Waals surface area contributed by atoms with E-state index >= 15 is 0 Å². The predicted octanol–water partition coefficient (Wildman–Crippen LogP) is 2.91. The molecule has 3 atom stereocenters. The molecular formula is C17H27N3OS. The van der Waals surface area contributed by atoms with Gasteiger partial charge in [0.05, 0.1) is 12.8 Å². The zero-order chi connectivity index (χ0) is 15.2. The van der Waals surface area contributed by atoms with Gasteiger partial charge in [0.25, 0.3) is 0 Å². The SMILES string of the molecule is CSCCN=C(NCCc1ccco1)NC1CC2CCC1C2. The molecule has 0 saturated heterocycles. The molecule has 2 aliphatic carbocycles. The molecule has 1 aromatic heterocycles. The molecule has 1 aromatic rings. The van der Waals surface area contributed by atoms with Gasteiger partial charge in [0.1, 0.15) is 5.76 Å². The molecule has 0 aromatic carbocycles. The number of hydrogen-bond donors (Lipinski definition) is 2. The van der Waals surface area contributed by atoms with Crippen LogP contribution in [-0.2, 0) is 6.42 Å². The molecule has 2 N–H and O–H groups in total. The van der Waals surface area contributed by atoms with Crippen LogP contribution < -0.4 is 10.6 Å². The number of nitrogens with one attached hydrogen (secondary N) is 2. The van der Waals surface area contributed by atoms with Crippen LogP contribution in [0.5, 0.6) is 0 Å². The normalized spacial score (nSPS) is 27.3. The highest BCUT2D eigenvalue weighted by atomic mass is 32.2. The van der Waals surface area contributed by atoms with Crippen LogP contribution in [0.4, 0.5) is 0 Å². The molecule has 3 unspecified atom stereocenters. The summed E-state index contributed by atoms with van der Waals surface area (Å²) in [4.78, 5) is 4.72. The van der Waals surface area contributed by atoms with Crippen molar-refractivity contribution in [2.24, 2.45) is 16.8 Å². The average molecular weight is 321 g/mol. The molecule has 1 heterocycles. The van der Waals surface area contributed by atoms with Crippen molar-refractivity contribution in [3.8, 4) is 0 Å². The van der Waals surface area contributed by atoms with Gasteiger partial charge in [-0.05, 0) is 49.5 Å². The van der Waals surface area contributed by atoms with Gasteiger partial charge in [0.2, 0.25) is 0 Å². The maximum atomic E-state index is 5.38. The quantitative estimate of drug-likeness (QED) is 0.460. The van der Waals surface area contributed by atoms with Crippen molar-refractivity contribution in [2.75, 3.05) is 25.1 Å². The first-order chi connectivity index (χ1) is 10.8. The number of hydrogen-bond acceptors (Lipinski definition) is 3. The molecule has 122 valence electrons. The Morgan fingerprint density at radius 2 is 2.36 bits per heavy atom. The Kier molecular flexibility index (Phi) is 5.70. The molecule has 0 aliphatic heterocycles. The van der Waals surface area contributed by atoms with E-state index in [9.17, 15) is 0 Å². The first kappa shape index (κ1) is 15.8. The lowest BCUT2D eigenvalue weighted by Gasteiger charge is -2.25. The van der Waals surface area contributed by atoms with Gasteiger partial charge in [-0.15, -0.1) is 0 Å². The smallest absolute Gasteiger partial charge is 0.191 e. The zero-order valence-corrected chi connectivity index (χ0v) is 14.2. The Bertz CT molecular complexity index is 474. The van der Waals surface area contributed by atoms with Crippen molar-refractivity contribution in [1.29, 1.82) is 0 Å². The van der Waals surface area contributed by atoms with Crippen molar-refractivity contribution in [1.82, 2.24) is 10.6 Å². The number of rotatable bonds is 7. The van der Waals surface area contributed by atoms with Crippen LogP contribution in [0.2, 0.25) is 0 Å². The fourth-order valence-corrected chi connectivity index (χ4v) is 4.03. The van der Waals surface area contributed by atoms with E-state index in [1.807, 2.05) is 23.9 Å². The number of thioether (sulfide) groups is 1. The van der Waals surface area contributed by atoms with Crippen LogP contribution in [0, 0.1) is 11.8 Å². The lowest BCUT2D eigenvalue weighted by Crippen LogP contribution is -2.46. The second-order valence-corrected chi connectivity index (χ2v) is 7.39. The summed E-state index contributed by atoms with van der Waals surface area (Å²) in [5, 5.41) is 7.16. The van der Waals surface area contributed by atoms with Crippen molar-refractivity contribution in [2.45, 2.75) is 38.1 Å². The molecule has 5 heteroatoms. The summed E-state index contributed by atoms with van der Waals surface area (Å²) in [5.74, 6) is 4.90. The summed E-state index contributed by atoms with van der Waals surface area (Å²) in [7, 11) is 0. The summed E-state index contributed by atoms with van der Waals surface area (Å²) in [6.07, 6.45) is 10.3. The molecule has 2 bridgehead atoms. The second-order valence-electron chi connectivity index (χ2n) is 6.40. The standard InChI is InChI=1S/C17H27N3OS/c1-22-10-8-19-17(18-7-6-15-3-2-9-21-15)20-16-12-13-4-5-14(16)11-13/h2-3,9,13-14,16H,4-8,10-12H2,1H3,(H2,18,19,20). The Labute approximate surface area is 137 Å². The highest BCUT2D eigenvalue weighted by molar-refractivity contribution is 7.98. The molecule has 2 aliphatic rings. The van der Waals surface area contributed by atoms with Crippen molar-refractivity contribution in [3.05, 3.63) is 24.2 Å². The third-order valence-electron chi connectivity index (χ3n) is 4.87. The van der Waals surface area contributed by atoms with Crippen LogP contribution in [-0.4, -0.2) is 37.1 Å². The molecular weight excluding hydrogens is 294 g/mol. The van der Waals surface area contributed by atoms with Gasteiger partial charge in [0.15, 0.2) is 5.96 Å². The van der Waals surface area contributed by atoms with E-state index in [0.717, 1.165) is 48.8 Å². The number of furan rings is 1. The zero-order valence-electron chi connectivity index (χ0n) is 13.4. The molecule has 22 heavy (non-hydrogen) atoms. The highest BCUT2D eigenvalue weighted by Crippen LogP contribution is 2.44. The van der Waals surface area contributed by atoms with Crippen molar-refractivity contribution in [3.63, 3.8) is 0 Å². The minimum absolute atomic E-state index is 0.628. The summed E-state index contributed by atoms with van der Waals surface area (Å²) in [6, 6.07) is 4.59. The fourth-order valence-electron chi connectivity index (χ4n) is 3.76. The van der Waals surface area contributed by atoms with E-state index in [1.54, 1.807) is 6.26 Å². The monoisotopic (exact) mass is 321 g/mol. The van der Waals surface area contributed by atoms with E-state index in [0.29, 0.717) is 6.04 Å². The maximum absolute atomic E-state index is 5.38. The number of aliphatic imine (C=N–C) groups is 1. The van der Waals surface area contributed by atoms with Gasteiger partial charge in [-0.3, -0.25) is 4.99 Å². The van der Waals surface area contributed by atoms with E-state index in [-0.39, 0.29) is 0 Å². The lowest BCUT2D eigenvalue weighted by atomic mass is 9.95. The van der Waals surface area contributed by atoms with Gasteiger partial charge in [0, 0.05) is 24.8 Å². The molecule has 4 nitrogen and oxygen atoms in total. The van der Waals surface area contributed by atoms with Gasteiger partial charge in [-0.1, -0.05) is 6.42 Å². The maximum Gasteiger partial charge on any atom is 0.191 e. The first-order valence-electron chi connectivity index (χ1n) is 8.41. The molecule has 3 rings (SSSR count). The van der Waals surface area contributed by atoms with E-state index < -0.39 is 0 Å². The molecule has 0 amide bonds. The largest absolute Gasteiger partial charge is 0.469 e. The Balaban J connectivity index is 1.49. The first-order valence-corrected chi connectivity index (χ1v) is 9.80. The van der Waals surface area contributed by atoms with Gasteiger partial charge in [-0.25, -0.2) is 0 Å². The van der Waals surface area contributed by atoms with Crippen molar-refractivity contribution < 1.29 is 4.42 Å².